The zero-order valence-electron chi connectivity index (χ0n) is 19.1. The van der Waals surface area contributed by atoms with Crippen molar-refractivity contribution in [2.75, 3.05) is 46.3 Å². The van der Waals surface area contributed by atoms with Crippen molar-refractivity contribution in [1.29, 1.82) is 0 Å². The maximum atomic E-state index is 12.5. The predicted octanol–water partition coefficient (Wildman–Crippen LogP) is 3.25. The molecule has 0 atom stereocenters. The fourth-order valence-corrected chi connectivity index (χ4v) is 3.26. The number of anilines is 1. The number of nitrogens with zero attached hydrogens (tertiary/aromatic N) is 1. The van der Waals surface area contributed by atoms with Gasteiger partial charge in [0.2, 0.25) is 11.8 Å². The van der Waals surface area contributed by atoms with Gasteiger partial charge in [-0.25, -0.2) is 0 Å². The number of aryl methyl sites for hydroxylation is 1. The molecule has 2 N–H and O–H groups in total. The molecular weight excluding hydrogens is 434 g/mol. The summed E-state index contributed by atoms with van der Waals surface area (Å²) in [5, 5.41) is 6.25. The highest BCUT2D eigenvalue weighted by Gasteiger charge is 2.16. The number of rotatable bonds is 11. The molecule has 2 amide bonds. The fraction of sp³-hybridized carbons (Fsp3) is 0.391. The molecule has 2 aromatic rings. The van der Waals surface area contributed by atoms with Gasteiger partial charge in [-0.15, -0.1) is 0 Å². The fourth-order valence-electron chi connectivity index (χ4n) is 3.08. The van der Waals surface area contributed by atoms with Crippen molar-refractivity contribution in [3.05, 3.63) is 46.5 Å². The normalized spacial score (nSPS) is 10.6. The minimum atomic E-state index is -0.216. The van der Waals surface area contributed by atoms with Crippen LogP contribution in [0.25, 0.3) is 0 Å². The first kappa shape index (κ1) is 25.3. The Labute approximate surface area is 193 Å². The molecular formula is C23H30ClN3O5. The van der Waals surface area contributed by atoms with Crippen LogP contribution in [0.1, 0.15) is 18.1 Å². The first-order chi connectivity index (χ1) is 15.3. The summed E-state index contributed by atoms with van der Waals surface area (Å²) in [6.45, 7) is 4.72. The lowest BCUT2D eigenvalue weighted by Gasteiger charge is -2.20. The van der Waals surface area contributed by atoms with E-state index in [2.05, 4.69) is 10.6 Å². The number of hydrogen-bond acceptors (Lipinski definition) is 6. The highest BCUT2D eigenvalue weighted by Crippen LogP contribution is 2.34. The average molecular weight is 464 g/mol. The molecule has 0 saturated carbocycles. The van der Waals surface area contributed by atoms with Crippen LogP contribution in [-0.4, -0.2) is 57.7 Å². The van der Waals surface area contributed by atoms with Gasteiger partial charge in [-0.1, -0.05) is 24.6 Å². The van der Waals surface area contributed by atoms with Crippen LogP contribution in [0.2, 0.25) is 5.02 Å². The van der Waals surface area contributed by atoms with E-state index in [1.807, 2.05) is 19.9 Å². The number of methoxy groups -OCH3 is 3. The second-order valence-electron chi connectivity index (χ2n) is 7.11. The lowest BCUT2D eigenvalue weighted by molar-refractivity contribution is -0.123. The van der Waals surface area contributed by atoms with E-state index in [9.17, 15) is 9.59 Å². The van der Waals surface area contributed by atoms with E-state index >= 15 is 0 Å². The number of amides is 2. The Kier molecular flexibility index (Phi) is 9.61. The van der Waals surface area contributed by atoms with Crippen LogP contribution in [0.5, 0.6) is 17.2 Å². The Bertz CT molecular complexity index is 951. The lowest BCUT2D eigenvalue weighted by atomic mass is 10.1. The number of ether oxygens (including phenoxy) is 3. The number of nitrogens with one attached hydrogen (secondary N) is 2. The molecule has 0 saturated heterocycles. The van der Waals surface area contributed by atoms with Crippen molar-refractivity contribution in [1.82, 2.24) is 10.2 Å². The largest absolute Gasteiger partial charge is 0.496 e. The molecule has 0 spiro atoms. The molecule has 174 valence electrons. The minimum Gasteiger partial charge on any atom is -0.496 e. The Morgan fingerprint density at radius 1 is 0.938 bits per heavy atom. The number of carbonyl (C=O) groups excluding carboxylic acids is 2. The topological polar surface area (TPSA) is 89.1 Å². The second-order valence-corrected chi connectivity index (χ2v) is 7.54. The summed E-state index contributed by atoms with van der Waals surface area (Å²) in [5.74, 6) is 1.23. The SMILES string of the molecule is CCN(CC(=O)NCc1cc(OC)c(OC)cc1OC)CC(=O)Nc1cc(Cl)ccc1C. The zero-order chi connectivity index (χ0) is 23.7. The highest BCUT2D eigenvalue weighted by molar-refractivity contribution is 6.31. The number of benzene rings is 2. The van der Waals surface area contributed by atoms with Crippen LogP contribution in [0, 0.1) is 6.92 Å². The molecule has 0 unspecified atom stereocenters. The van der Waals surface area contributed by atoms with Crippen molar-refractivity contribution < 1.29 is 23.8 Å². The molecule has 0 radical (unpaired) electrons. The van der Waals surface area contributed by atoms with E-state index in [-0.39, 0.29) is 31.4 Å². The first-order valence-corrected chi connectivity index (χ1v) is 10.5. The number of halogens is 1. The number of carbonyl (C=O) groups is 2. The van der Waals surface area contributed by atoms with Gasteiger partial charge in [0.25, 0.3) is 0 Å². The molecule has 0 aliphatic heterocycles. The molecule has 0 aliphatic carbocycles. The third-order valence-corrected chi connectivity index (χ3v) is 5.15. The molecule has 2 aromatic carbocycles. The van der Waals surface area contributed by atoms with E-state index in [0.717, 1.165) is 11.1 Å². The van der Waals surface area contributed by atoms with Gasteiger partial charge in [0.1, 0.15) is 5.75 Å². The van der Waals surface area contributed by atoms with Crippen molar-refractivity contribution in [2.24, 2.45) is 0 Å². The molecule has 8 nitrogen and oxygen atoms in total. The highest BCUT2D eigenvalue weighted by atomic mass is 35.5. The van der Waals surface area contributed by atoms with Gasteiger partial charge in [-0.3, -0.25) is 14.5 Å². The van der Waals surface area contributed by atoms with Gasteiger partial charge >= 0.3 is 0 Å². The number of hydrogen-bond donors (Lipinski definition) is 2. The van der Waals surface area contributed by atoms with Crippen LogP contribution in [0.3, 0.4) is 0 Å². The summed E-state index contributed by atoms with van der Waals surface area (Å²) in [4.78, 5) is 26.7. The van der Waals surface area contributed by atoms with Gasteiger partial charge in [-0.05, 0) is 37.2 Å². The maximum Gasteiger partial charge on any atom is 0.238 e. The third kappa shape index (κ3) is 7.03. The Balaban J connectivity index is 1.95. The summed E-state index contributed by atoms with van der Waals surface area (Å²) >= 11 is 6.01. The van der Waals surface area contributed by atoms with Crippen molar-refractivity contribution in [3.63, 3.8) is 0 Å². The van der Waals surface area contributed by atoms with Gasteiger partial charge < -0.3 is 24.8 Å². The van der Waals surface area contributed by atoms with Crippen molar-refractivity contribution >= 4 is 29.1 Å². The summed E-state index contributed by atoms with van der Waals surface area (Å²) in [6, 6.07) is 8.78. The van der Waals surface area contributed by atoms with Gasteiger partial charge in [0.05, 0.1) is 34.4 Å². The van der Waals surface area contributed by atoms with Crippen molar-refractivity contribution in [2.45, 2.75) is 20.4 Å². The summed E-state index contributed by atoms with van der Waals surface area (Å²) in [5.41, 5.74) is 2.31. The van der Waals surface area contributed by atoms with E-state index in [1.54, 1.807) is 50.5 Å². The Hall–Kier alpha value is -2.97. The quantitative estimate of drug-likeness (QED) is 0.531. The second kappa shape index (κ2) is 12.2. The van der Waals surface area contributed by atoms with Gasteiger partial charge in [-0.2, -0.15) is 0 Å². The zero-order valence-corrected chi connectivity index (χ0v) is 19.8. The van der Waals surface area contributed by atoms with Crippen LogP contribution in [0.15, 0.2) is 30.3 Å². The van der Waals surface area contributed by atoms with Crippen LogP contribution < -0.4 is 24.8 Å². The number of likely N-dealkylation sites (N-methyl/N-ethyl adjacent to an activating group) is 1. The van der Waals surface area contributed by atoms with Crippen molar-refractivity contribution in [3.8, 4) is 17.2 Å². The van der Waals surface area contributed by atoms with E-state index in [4.69, 9.17) is 25.8 Å². The molecule has 0 aromatic heterocycles. The summed E-state index contributed by atoms with van der Waals surface area (Å²) in [6.07, 6.45) is 0. The molecule has 2 rings (SSSR count). The summed E-state index contributed by atoms with van der Waals surface area (Å²) < 4.78 is 16.0. The summed E-state index contributed by atoms with van der Waals surface area (Å²) in [7, 11) is 4.63. The minimum absolute atomic E-state index is 0.0774. The Morgan fingerprint density at radius 3 is 2.19 bits per heavy atom. The van der Waals surface area contributed by atoms with Gasteiger partial charge in [0, 0.05) is 28.9 Å². The monoisotopic (exact) mass is 463 g/mol. The average Bonchev–Trinajstić information content (AvgIpc) is 2.78. The molecule has 32 heavy (non-hydrogen) atoms. The third-order valence-electron chi connectivity index (χ3n) is 4.92. The van der Waals surface area contributed by atoms with E-state index in [0.29, 0.717) is 34.5 Å². The first-order valence-electron chi connectivity index (χ1n) is 10.1. The smallest absolute Gasteiger partial charge is 0.238 e. The molecule has 9 heteroatoms. The standard InChI is InChI=1S/C23H30ClN3O5/c1-6-27(14-23(29)26-18-10-17(24)8-7-15(18)2)13-22(28)25-12-16-9-20(31-4)21(32-5)11-19(16)30-3/h7-11H,6,12-14H2,1-5H3,(H,25,28)(H,26,29). The predicted molar refractivity (Wildman–Crippen MR) is 125 cm³/mol. The van der Waals surface area contributed by atoms with E-state index in [1.165, 1.54) is 0 Å². The van der Waals surface area contributed by atoms with Gasteiger partial charge in [0.15, 0.2) is 11.5 Å². The molecule has 0 aliphatic rings. The maximum absolute atomic E-state index is 12.5. The van der Waals surface area contributed by atoms with E-state index < -0.39 is 0 Å². The Morgan fingerprint density at radius 2 is 1.56 bits per heavy atom. The van der Waals surface area contributed by atoms with Crippen LogP contribution in [0.4, 0.5) is 5.69 Å². The molecule has 0 fully saturated rings. The molecule has 0 bridgehead atoms. The van der Waals surface area contributed by atoms with Crippen LogP contribution in [-0.2, 0) is 16.1 Å². The van der Waals surface area contributed by atoms with Crippen LogP contribution >= 0.6 is 11.6 Å². The molecule has 0 heterocycles. The lowest BCUT2D eigenvalue weighted by Crippen LogP contribution is -2.41.